The molecule has 3 N–H and O–H groups in total. The third kappa shape index (κ3) is 78.7. The highest BCUT2D eigenvalue weighted by Crippen LogP contribution is 2.45. The summed E-state index contributed by atoms with van der Waals surface area (Å²) in [4.78, 5) is 73.2. The molecule has 0 saturated carbocycles. The summed E-state index contributed by atoms with van der Waals surface area (Å²) in [5, 5.41) is 10.7. The second kappa shape index (κ2) is 79.7. The van der Waals surface area contributed by atoms with Crippen molar-refractivity contribution in [2.24, 2.45) is 5.92 Å². The van der Waals surface area contributed by atoms with Crippen LogP contribution in [0.3, 0.4) is 0 Å². The summed E-state index contributed by atoms with van der Waals surface area (Å²) < 4.78 is 68.9. The van der Waals surface area contributed by atoms with Crippen molar-refractivity contribution in [1.29, 1.82) is 0 Å². The molecule has 0 aromatic carbocycles. The highest BCUT2D eigenvalue weighted by atomic mass is 31.2. The molecule has 0 aliphatic heterocycles. The Hall–Kier alpha value is -1.94. The predicted molar refractivity (Wildman–Crippen MR) is 437 cm³/mol. The van der Waals surface area contributed by atoms with Gasteiger partial charge in [-0.2, -0.15) is 0 Å². The molecule has 0 radical (unpaired) electrons. The van der Waals surface area contributed by atoms with Crippen LogP contribution in [0.1, 0.15) is 471 Å². The van der Waals surface area contributed by atoms with Crippen molar-refractivity contribution in [3.8, 4) is 0 Å². The molecule has 0 aliphatic carbocycles. The minimum atomic E-state index is -4.97. The quantitative estimate of drug-likeness (QED) is 0.0222. The molecule has 630 valence electrons. The maximum Gasteiger partial charge on any atom is 0.472 e. The Kier molecular flexibility index (Phi) is 78.2. The molecule has 0 aliphatic rings. The number of hydrogen-bond acceptors (Lipinski definition) is 15. The summed E-state index contributed by atoms with van der Waals surface area (Å²) in [6.45, 7) is 7.39. The van der Waals surface area contributed by atoms with E-state index in [1.165, 1.54) is 295 Å². The van der Waals surface area contributed by atoms with Crippen LogP contribution in [0.2, 0.25) is 0 Å². The van der Waals surface area contributed by atoms with Crippen LogP contribution < -0.4 is 0 Å². The number of hydrogen-bond donors (Lipinski definition) is 3. The van der Waals surface area contributed by atoms with E-state index in [-0.39, 0.29) is 25.7 Å². The normalized spacial score (nSPS) is 14.0. The lowest BCUT2D eigenvalue weighted by molar-refractivity contribution is -0.161. The summed E-state index contributed by atoms with van der Waals surface area (Å²) in [5.41, 5.74) is 0. The lowest BCUT2D eigenvalue weighted by Crippen LogP contribution is -2.30. The molecule has 0 amide bonds. The number of ether oxygens (including phenoxy) is 4. The zero-order valence-corrected chi connectivity index (χ0v) is 71.4. The molecule has 3 unspecified atom stereocenters. The van der Waals surface area contributed by atoms with Gasteiger partial charge >= 0.3 is 39.5 Å². The van der Waals surface area contributed by atoms with Gasteiger partial charge in [0.2, 0.25) is 0 Å². The lowest BCUT2D eigenvalue weighted by Gasteiger charge is -2.21. The molecule has 0 aromatic rings. The number of phosphoric ester groups is 2. The Bertz CT molecular complexity index is 2020. The van der Waals surface area contributed by atoms with Gasteiger partial charge in [-0.05, 0) is 31.6 Å². The first-order valence-electron chi connectivity index (χ1n) is 45.2. The predicted octanol–water partition coefficient (Wildman–Crippen LogP) is 26.8. The van der Waals surface area contributed by atoms with Gasteiger partial charge in [0, 0.05) is 25.7 Å². The van der Waals surface area contributed by atoms with Crippen LogP contribution >= 0.6 is 15.6 Å². The molecule has 0 saturated heterocycles. The van der Waals surface area contributed by atoms with Crippen molar-refractivity contribution in [3.63, 3.8) is 0 Å². The highest BCUT2D eigenvalue weighted by molar-refractivity contribution is 7.47. The average Bonchev–Trinajstić information content (AvgIpc) is 0.908. The monoisotopic (exact) mass is 1550 g/mol. The van der Waals surface area contributed by atoms with Crippen molar-refractivity contribution in [2.75, 3.05) is 39.6 Å². The zero-order chi connectivity index (χ0) is 77.6. The van der Waals surface area contributed by atoms with Gasteiger partial charge in [-0.15, -0.1) is 0 Å². The van der Waals surface area contributed by atoms with E-state index < -0.39 is 97.5 Å². The minimum absolute atomic E-state index is 0.107. The molecule has 17 nitrogen and oxygen atoms in total. The third-order valence-corrected chi connectivity index (χ3v) is 22.8. The van der Waals surface area contributed by atoms with Crippen molar-refractivity contribution < 1.29 is 80.2 Å². The van der Waals surface area contributed by atoms with Gasteiger partial charge in [0.05, 0.1) is 26.4 Å². The molecule has 0 fully saturated rings. The first-order valence-corrected chi connectivity index (χ1v) is 48.2. The minimum Gasteiger partial charge on any atom is -0.462 e. The fraction of sp³-hybridized carbons (Fsp3) is 0.954. The van der Waals surface area contributed by atoms with Gasteiger partial charge in [-0.1, -0.05) is 420 Å². The van der Waals surface area contributed by atoms with Crippen LogP contribution in [0.25, 0.3) is 0 Å². The van der Waals surface area contributed by atoms with Gasteiger partial charge < -0.3 is 33.8 Å². The Morgan fingerprint density at radius 3 is 0.670 bits per heavy atom. The van der Waals surface area contributed by atoms with Gasteiger partial charge in [0.25, 0.3) is 0 Å². The zero-order valence-electron chi connectivity index (χ0n) is 69.6. The lowest BCUT2D eigenvalue weighted by atomic mass is 9.99. The van der Waals surface area contributed by atoms with Crippen molar-refractivity contribution in [1.82, 2.24) is 0 Å². The Morgan fingerprint density at radius 2 is 0.453 bits per heavy atom. The number of aliphatic hydroxyl groups excluding tert-OH is 1. The van der Waals surface area contributed by atoms with Crippen molar-refractivity contribution in [3.05, 3.63) is 0 Å². The maximum atomic E-state index is 13.2. The van der Waals surface area contributed by atoms with Gasteiger partial charge in [-0.3, -0.25) is 37.3 Å². The average molecular weight is 1550 g/mol. The van der Waals surface area contributed by atoms with E-state index >= 15 is 0 Å². The molecule has 0 spiro atoms. The van der Waals surface area contributed by atoms with Gasteiger partial charge in [-0.25, -0.2) is 9.13 Å². The molecular weight excluding hydrogens is 1380 g/mol. The van der Waals surface area contributed by atoms with Crippen LogP contribution in [-0.2, 0) is 65.4 Å². The topological polar surface area (TPSA) is 237 Å². The number of rotatable bonds is 87. The van der Waals surface area contributed by atoms with Crippen LogP contribution in [0.15, 0.2) is 0 Å². The van der Waals surface area contributed by atoms with Crippen molar-refractivity contribution in [2.45, 2.75) is 490 Å². The number of aliphatic hydroxyl groups is 1. The van der Waals surface area contributed by atoms with Crippen LogP contribution in [-0.4, -0.2) is 96.7 Å². The number of unbranched alkanes of at least 4 members (excludes halogenated alkanes) is 58. The van der Waals surface area contributed by atoms with Crippen LogP contribution in [0, 0.1) is 5.92 Å². The second-order valence-electron chi connectivity index (χ2n) is 31.5. The highest BCUT2D eigenvalue weighted by Gasteiger charge is 2.30. The number of carbonyl (C=O) groups excluding carboxylic acids is 4. The standard InChI is InChI=1S/C87H170O17P2/c1-6-10-13-16-19-22-25-27-29-31-33-34-35-37-39-41-43-46-52-57-62-67-72-86(91)103-82(77-98-85(90)71-66-61-56-51-45-42-40-38-36-32-30-28-26-23-20-17-14-11-7-2)78-101-105(93,94)99-74-81(88)75-100-106(95,96)102-79-83(76-97-84(89)70-65-60-55-50-44-24-21-18-15-12-8-3)104-87(92)73-68-63-58-53-48-47-49-54-59-64-69-80(5)9-4/h80-83,88H,6-79H2,1-5H3,(H,93,94)(H,95,96)/t80?,81-,82-,83-/m1/s1. The summed E-state index contributed by atoms with van der Waals surface area (Å²) in [7, 11) is -9.93. The van der Waals surface area contributed by atoms with E-state index in [1.807, 2.05) is 0 Å². The number of phosphoric acid groups is 2. The smallest absolute Gasteiger partial charge is 0.462 e. The molecular formula is C87H170O17P2. The Morgan fingerprint density at radius 1 is 0.264 bits per heavy atom. The first kappa shape index (κ1) is 104. The van der Waals surface area contributed by atoms with Crippen LogP contribution in [0.4, 0.5) is 0 Å². The molecule has 6 atom stereocenters. The van der Waals surface area contributed by atoms with Gasteiger partial charge in [0.15, 0.2) is 12.2 Å². The van der Waals surface area contributed by atoms with E-state index in [1.54, 1.807) is 0 Å². The maximum absolute atomic E-state index is 13.2. The molecule has 19 heteroatoms. The Labute approximate surface area is 651 Å². The van der Waals surface area contributed by atoms with E-state index in [0.29, 0.717) is 25.7 Å². The fourth-order valence-corrected chi connectivity index (χ4v) is 15.2. The van der Waals surface area contributed by atoms with Crippen LogP contribution in [0.5, 0.6) is 0 Å². The van der Waals surface area contributed by atoms with E-state index in [9.17, 15) is 43.2 Å². The summed E-state index contributed by atoms with van der Waals surface area (Å²) in [6, 6.07) is 0. The number of carbonyl (C=O) groups is 4. The van der Waals surface area contributed by atoms with E-state index in [0.717, 1.165) is 95.8 Å². The third-order valence-electron chi connectivity index (χ3n) is 20.9. The molecule has 106 heavy (non-hydrogen) atoms. The summed E-state index contributed by atoms with van der Waals surface area (Å²) >= 11 is 0. The SMILES string of the molecule is CCCCCCCCCCCCCCCCCCCCCCCCC(=O)O[C@H](COC(=O)CCCCCCCCCCCCCCCCCCCCC)COP(=O)(O)OC[C@@H](O)COP(=O)(O)OC[C@@H](COC(=O)CCCCCCCCCCCCC)OC(=O)CCCCCCCCCCCCC(C)CC. The summed E-state index contributed by atoms with van der Waals surface area (Å²) in [6.07, 6.45) is 73.6. The fourth-order valence-electron chi connectivity index (χ4n) is 13.6. The van der Waals surface area contributed by atoms with E-state index in [4.69, 9.17) is 37.0 Å². The summed E-state index contributed by atoms with van der Waals surface area (Å²) in [5.74, 6) is -1.30. The van der Waals surface area contributed by atoms with Crippen molar-refractivity contribution >= 4 is 39.5 Å². The van der Waals surface area contributed by atoms with Gasteiger partial charge in [0.1, 0.15) is 19.3 Å². The molecule has 0 bridgehead atoms. The Balaban J connectivity index is 5.22. The largest absolute Gasteiger partial charge is 0.472 e. The number of esters is 4. The molecule has 0 aromatic heterocycles. The second-order valence-corrected chi connectivity index (χ2v) is 34.4. The molecule has 0 heterocycles. The molecule has 0 rings (SSSR count). The first-order chi connectivity index (χ1) is 51.6. The van der Waals surface area contributed by atoms with E-state index in [2.05, 4.69) is 34.6 Å².